The van der Waals surface area contributed by atoms with Crippen LogP contribution in [0.3, 0.4) is 0 Å². The van der Waals surface area contributed by atoms with Crippen molar-refractivity contribution in [3.05, 3.63) is 60.4 Å². The van der Waals surface area contributed by atoms with Crippen molar-refractivity contribution in [2.24, 2.45) is 0 Å². The number of fused-ring (bicyclic) bond motifs is 1. The lowest BCUT2D eigenvalue weighted by atomic mass is 10.2. The average molecular weight is 319 g/mol. The standard InChI is InChI=1S/C19H17N3S/c1-23-16-9-6-8-15(13-16)7-4-5-12-20-19-17-10-2-3-11-18(17)21-14-22-19/h2-3,6,8-11,13-14H,5,12H2,1H3,(H,20,21,22). The summed E-state index contributed by atoms with van der Waals surface area (Å²) in [4.78, 5) is 9.81. The van der Waals surface area contributed by atoms with E-state index in [-0.39, 0.29) is 0 Å². The molecule has 1 heterocycles. The van der Waals surface area contributed by atoms with Gasteiger partial charge in [-0.3, -0.25) is 0 Å². The van der Waals surface area contributed by atoms with Crippen LogP contribution in [0.2, 0.25) is 0 Å². The van der Waals surface area contributed by atoms with Crippen LogP contribution in [0, 0.1) is 11.8 Å². The number of nitrogens with zero attached hydrogens (tertiary/aromatic N) is 2. The highest BCUT2D eigenvalue weighted by Crippen LogP contribution is 2.18. The Hall–Kier alpha value is -2.51. The third-order valence-corrected chi connectivity index (χ3v) is 4.11. The smallest absolute Gasteiger partial charge is 0.137 e. The molecule has 2 aromatic carbocycles. The fraction of sp³-hybridized carbons (Fsp3) is 0.158. The van der Waals surface area contributed by atoms with E-state index >= 15 is 0 Å². The van der Waals surface area contributed by atoms with Crippen LogP contribution in [-0.2, 0) is 0 Å². The summed E-state index contributed by atoms with van der Waals surface area (Å²) < 4.78 is 0. The summed E-state index contributed by atoms with van der Waals surface area (Å²) in [5.41, 5.74) is 2.01. The maximum absolute atomic E-state index is 4.31. The van der Waals surface area contributed by atoms with Crippen LogP contribution in [0.1, 0.15) is 12.0 Å². The summed E-state index contributed by atoms with van der Waals surface area (Å²) >= 11 is 1.73. The second kappa shape index (κ2) is 7.66. The molecule has 0 unspecified atom stereocenters. The number of hydrogen-bond donors (Lipinski definition) is 1. The monoisotopic (exact) mass is 319 g/mol. The maximum Gasteiger partial charge on any atom is 0.137 e. The Morgan fingerprint density at radius 2 is 2.00 bits per heavy atom. The first-order valence-corrected chi connectivity index (χ1v) is 8.66. The molecule has 23 heavy (non-hydrogen) atoms. The van der Waals surface area contributed by atoms with Crippen LogP contribution in [0.5, 0.6) is 0 Å². The van der Waals surface area contributed by atoms with Crippen molar-refractivity contribution in [1.82, 2.24) is 9.97 Å². The van der Waals surface area contributed by atoms with Crippen molar-refractivity contribution in [2.75, 3.05) is 18.1 Å². The van der Waals surface area contributed by atoms with E-state index in [1.807, 2.05) is 36.4 Å². The summed E-state index contributed by atoms with van der Waals surface area (Å²) in [7, 11) is 0. The minimum Gasteiger partial charge on any atom is -0.368 e. The van der Waals surface area contributed by atoms with Crippen LogP contribution in [0.4, 0.5) is 5.82 Å². The number of aromatic nitrogens is 2. The van der Waals surface area contributed by atoms with Gasteiger partial charge in [-0.1, -0.05) is 30.0 Å². The Balaban J connectivity index is 1.60. The zero-order chi connectivity index (χ0) is 15.9. The molecule has 0 fully saturated rings. The van der Waals surface area contributed by atoms with Crippen molar-refractivity contribution in [3.63, 3.8) is 0 Å². The van der Waals surface area contributed by atoms with Gasteiger partial charge in [0.2, 0.25) is 0 Å². The number of rotatable bonds is 4. The number of benzene rings is 2. The van der Waals surface area contributed by atoms with Gasteiger partial charge < -0.3 is 5.32 Å². The van der Waals surface area contributed by atoms with Crippen molar-refractivity contribution in [1.29, 1.82) is 0 Å². The molecule has 0 saturated carbocycles. The maximum atomic E-state index is 4.31. The summed E-state index contributed by atoms with van der Waals surface area (Å²) in [5, 5.41) is 4.38. The minimum atomic E-state index is 0.760. The molecule has 3 rings (SSSR count). The first kappa shape index (κ1) is 15.4. The third-order valence-electron chi connectivity index (χ3n) is 3.39. The highest BCUT2D eigenvalue weighted by molar-refractivity contribution is 7.98. The van der Waals surface area contributed by atoms with Crippen molar-refractivity contribution >= 4 is 28.5 Å². The van der Waals surface area contributed by atoms with Gasteiger partial charge in [-0.05, 0) is 36.6 Å². The molecule has 0 aliphatic heterocycles. The van der Waals surface area contributed by atoms with Gasteiger partial charge in [-0.15, -0.1) is 11.8 Å². The predicted molar refractivity (Wildman–Crippen MR) is 97.7 cm³/mol. The largest absolute Gasteiger partial charge is 0.368 e. The van der Waals surface area contributed by atoms with Crippen molar-refractivity contribution in [3.8, 4) is 11.8 Å². The molecule has 0 saturated heterocycles. The van der Waals surface area contributed by atoms with E-state index in [1.165, 1.54) is 4.90 Å². The molecular formula is C19H17N3S. The van der Waals surface area contributed by atoms with Gasteiger partial charge in [-0.25, -0.2) is 9.97 Å². The summed E-state index contributed by atoms with van der Waals surface area (Å²) in [6.45, 7) is 0.760. The number of thioether (sulfide) groups is 1. The normalized spacial score (nSPS) is 10.1. The Morgan fingerprint density at radius 3 is 2.91 bits per heavy atom. The van der Waals surface area contributed by atoms with Gasteiger partial charge >= 0.3 is 0 Å². The van der Waals surface area contributed by atoms with E-state index in [4.69, 9.17) is 0 Å². The molecule has 3 aromatic rings. The number of anilines is 1. The number of nitrogens with one attached hydrogen (secondary N) is 1. The van der Waals surface area contributed by atoms with Gasteiger partial charge in [0.15, 0.2) is 0 Å². The molecule has 114 valence electrons. The molecular weight excluding hydrogens is 302 g/mol. The molecule has 0 atom stereocenters. The molecule has 0 amide bonds. The lowest BCUT2D eigenvalue weighted by molar-refractivity contribution is 1.07. The first-order valence-electron chi connectivity index (χ1n) is 7.43. The summed E-state index contributed by atoms with van der Waals surface area (Å²) in [5.74, 6) is 7.28. The fourth-order valence-electron chi connectivity index (χ4n) is 2.25. The molecule has 0 aliphatic rings. The Labute approximate surface area is 140 Å². The number of hydrogen-bond acceptors (Lipinski definition) is 4. The SMILES string of the molecule is CSc1cccc(C#CCCNc2ncnc3ccccc23)c1. The number of para-hydroxylation sites is 1. The van der Waals surface area contributed by atoms with Gasteiger partial charge in [0.1, 0.15) is 12.1 Å². The Kier molecular flexibility index (Phi) is 5.13. The zero-order valence-electron chi connectivity index (χ0n) is 12.9. The summed E-state index contributed by atoms with van der Waals surface area (Å²) in [6, 6.07) is 16.3. The Morgan fingerprint density at radius 1 is 1.09 bits per heavy atom. The van der Waals surface area contributed by atoms with Crippen LogP contribution >= 0.6 is 11.8 Å². The predicted octanol–water partition coefficient (Wildman–Crippen LogP) is 4.21. The first-order chi connectivity index (χ1) is 11.4. The van der Waals surface area contributed by atoms with Crippen LogP contribution in [-0.4, -0.2) is 22.8 Å². The molecule has 3 nitrogen and oxygen atoms in total. The fourth-order valence-corrected chi connectivity index (χ4v) is 2.71. The molecule has 0 radical (unpaired) electrons. The van der Waals surface area contributed by atoms with Crippen LogP contribution in [0.15, 0.2) is 59.8 Å². The highest BCUT2D eigenvalue weighted by atomic mass is 32.2. The second-order valence-corrected chi connectivity index (χ2v) is 5.83. The summed E-state index contributed by atoms with van der Waals surface area (Å²) in [6.07, 6.45) is 4.43. The molecule has 1 N–H and O–H groups in total. The molecule has 1 aromatic heterocycles. The van der Waals surface area contributed by atoms with E-state index in [9.17, 15) is 0 Å². The molecule has 0 spiro atoms. The van der Waals surface area contributed by atoms with Gasteiger partial charge in [-0.2, -0.15) is 0 Å². The molecule has 0 aliphatic carbocycles. The van der Waals surface area contributed by atoms with E-state index < -0.39 is 0 Å². The van der Waals surface area contributed by atoms with Gasteiger partial charge in [0.05, 0.1) is 5.52 Å². The van der Waals surface area contributed by atoms with Crippen LogP contribution in [0.25, 0.3) is 10.9 Å². The van der Waals surface area contributed by atoms with E-state index in [0.717, 1.165) is 35.2 Å². The van der Waals surface area contributed by atoms with Gasteiger partial charge in [0.25, 0.3) is 0 Å². The molecule has 4 heteroatoms. The third kappa shape index (κ3) is 4.02. The highest BCUT2D eigenvalue weighted by Gasteiger charge is 2.00. The van der Waals surface area contributed by atoms with Crippen molar-refractivity contribution < 1.29 is 0 Å². The lowest BCUT2D eigenvalue weighted by Crippen LogP contribution is -2.03. The van der Waals surface area contributed by atoms with Gasteiger partial charge in [0, 0.05) is 28.8 Å². The average Bonchev–Trinajstić information content (AvgIpc) is 2.62. The zero-order valence-corrected chi connectivity index (χ0v) is 13.7. The second-order valence-electron chi connectivity index (χ2n) is 4.95. The van der Waals surface area contributed by atoms with Crippen molar-refractivity contribution in [2.45, 2.75) is 11.3 Å². The minimum absolute atomic E-state index is 0.760. The Bertz CT molecular complexity index is 860. The van der Waals surface area contributed by atoms with E-state index in [0.29, 0.717) is 0 Å². The topological polar surface area (TPSA) is 37.8 Å². The van der Waals surface area contributed by atoms with E-state index in [1.54, 1.807) is 18.1 Å². The molecule has 0 bridgehead atoms. The quantitative estimate of drug-likeness (QED) is 0.444. The lowest BCUT2D eigenvalue weighted by Gasteiger charge is -2.05. The van der Waals surface area contributed by atoms with Crippen LogP contribution < -0.4 is 5.32 Å². The van der Waals surface area contributed by atoms with E-state index in [2.05, 4.69) is 45.5 Å².